The molecule has 0 saturated carbocycles. The molecule has 1 aromatic carbocycles. The van der Waals surface area contributed by atoms with Gasteiger partial charge in [0.1, 0.15) is 6.04 Å². The largest absolute Gasteiger partial charge is 0.416 e. The summed E-state index contributed by atoms with van der Waals surface area (Å²) in [6, 6.07) is 3.83. The molecule has 3 amide bonds. The maximum Gasteiger partial charge on any atom is 0.416 e. The molecule has 6 nitrogen and oxygen atoms in total. The van der Waals surface area contributed by atoms with Gasteiger partial charge in [-0.05, 0) is 37.5 Å². The first-order valence-electron chi connectivity index (χ1n) is 8.81. The van der Waals surface area contributed by atoms with Crippen LogP contribution in [0.15, 0.2) is 24.3 Å². The molecule has 27 heavy (non-hydrogen) atoms. The number of hydrogen-bond donors (Lipinski definition) is 2. The number of halogens is 3. The van der Waals surface area contributed by atoms with Crippen molar-refractivity contribution in [1.29, 1.82) is 0 Å². The van der Waals surface area contributed by atoms with Crippen LogP contribution in [0.25, 0.3) is 0 Å². The summed E-state index contributed by atoms with van der Waals surface area (Å²) in [5, 5.41) is 5.39. The van der Waals surface area contributed by atoms with Crippen molar-refractivity contribution >= 4 is 23.4 Å². The molecule has 0 aromatic heterocycles. The second kappa shape index (κ2) is 7.58. The molecule has 2 unspecified atom stereocenters. The van der Waals surface area contributed by atoms with E-state index < -0.39 is 35.5 Å². The Hall–Kier alpha value is -2.58. The summed E-state index contributed by atoms with van der Waals surface area (Å²) >= 11 is 0. The van der Waals surface area contributed by atoms with E-state index in [1.165, 1.54) is 17.0 Å². The van der Waals surface area contributed by atoms with Crippen molar-refractivity contribution in [2.45, 2.75) is 37.9 Å². The van der Waals surface area contributed by atoms with Crippen molar-refractivity contribution in [3.8, 4) is 0 Å². The normalized spacial score (nSPS) is 23.7. The van der Waals surface area contributed by atoms with Gasteiger partial charge in [0.2, 0.25) is 17.7 Å². The molecule has 146 valence electrons. The van der Waals surface area contributed by atoms with Gasteiger partial charge in [0.15, 0.2) is 0 Å². The third kappa shape index (κ3) is 4.40. The van der Waals surface area contributed by atoms with Gasteiger partial charge in [-0.15, -0.1) is 0 Å². The lowest BCUT2D eigenvalue weighted by Gasteiger charge is -2.20. The summed E-state index contributed by atoms with van der Waals surface area (Å²) in [6.07, 6.45) is -2.46. The van der Waals surface area contributed by atoms with Crippen LogP contribution in [0.3, 0.4) is 0 Å². The van der Waals surface area contributed by atoms with E-state index in [1.807, 2.05) is 0 Å². The van der Waals surface area contributed by atoms with Crippen LogP contribution in [0.5, 0.6) is 0 Å². The van der Waals surface area contributed by atoms with Gasteiger partial charge in [0.25, 0.3) is 0 Å². The number of carbonyl (C=O) groups excluding carboxylic acids is 3. The van der Waals surface area contributed by atoms with E-state index in [0.717, 1.165) is 25.0 Å². The van der Waals surface area contributed by atoms with Crippen LogP contribution in [0.4, 0.5) is 18.9 Å². The number of hydrogen-bond acceptors (Lipinski definition) is 3. The summed E-state index contributed by atoms with van der Waals surface area (Å²) in [5.74, 6) is -1.80. The smallest absolute Gasteiger partial charge is 0.354 e. The van der Waals surface area contributed by atoms with Gasteiger partial charge in [0.05, 0.1) is 11.5 Å². The van der Waals surface area contributed by atoms with E-state index in [4.69, 9.17) is 0 Å². The maximum atomic E-state index is 12.9. The lowest BCUT2D eigenvalue weighted by molar-refractivity contribution is -0.137. The molecular formula is C18H20F3N3O3. The van der Waals surface area contributed by atoms with Gasteiger partial charge >= 0.3 is 6.18 Å². The Morgan fingerprint density at radius 1 is 1.22 bits per heavy atom. The molecule has 0 bridgehead atoms. The maximum absolute atomic E-state index is 12.9. The number of nitrogens with one attached hydrogen (secondary N) is 2. The van der Waals surface area contributed by atoms with E-state index in [9.17, 15) is 27.6 Å². The SMILES string of the molecule is O=C(NC1CCCCNC1=O)C1CC(=O)N(c2cccc(C(F)(F)F)c2)C1. The van der Waals surface area contributed by atoms with Crippen molar-refractivity contribution in [3.63, 3.8) is 0 Å². The number of benzene rings is 1. The summed E-state index contributed by atoms with van der Waals surface area (Å²) < 4.78 is 38.6. The Morgan fingerprint density at radius 3 is 2.74 bits per heavy atom. The fourth-order valence-corrected chi connectivity index (χ4v) is 3.35. The number of amides is 3. The summed E-state index contributed by atoms with van der Waals surface area (Å²) in [7, 11) is 0. The fourth-order valence-electron chi connectivity index (χ4n) is 3.35. The molecule has 0 radical (unpaired) electrons. The molecule has 0 aliphatic carbocycles. The van der Waals surface area contributed by atoms with Crippen LogP contribution in [0.1, 0.15) is 31.2 Å². The van der Waals surface area contributed by atoms with Gasteiger partial charge in [-0.2, -0.15) is 13.2 Å². The lowest BCUT2D eigenvalue weighted by atomic mass is 10.1. The van der Waals surface area contributed by atoms with Crippen LogP contribution in [-0.2, 0) is 20.6 Å². The highest BCUT2D eigenvalue weighted by molar-refractivity contribution is 6.01. The van der Waals surface area contributed by atoms with Crippen molar-refractivity contribution in [2.75, 3.05) is 18.0 Å². The summed E-state index contributed by atoms with van der Waals surface area (Å²) in [6.45, 7) is 0.552. The third-order valence-corrected chi connectivity index (χ3v) is 4.83. The highest BCUT2D eigenvalue weighted by Gasteiger charge is 2.38. The summed E-state index contributed by atoms with van der Waals surface area (Å²) in [5.41, 5.74) is -0.742. The van der Waals surface area contributed by atoms with Crippen molar-refractivity contribution in [1.82, 2.24) is 10.6 Å². The Balaban J connectivity index is 1.68. The summed E-state index contributed by atoms with van der Waals surface area (Å²) in [4.78, 5) is 37.8. The highest BCUT2D eigenvalue weighted by Crippen LogP contribution is 2.33. The van der Waals surface area contributed by atoms with E-state index in [2.05, 4.69) is 10.6 Å². The average molecular weight is 383 g/mol. The molecule has 2 aliphatic heterocycles. The van der Waals surface area contributed by atoms with Crippen molar-refractivity contribution in [2.24, 2.45) is 5.92 Å². The third-order valence-electron chi connectivity index (χ3n) is 4.83. The number of nitrogens with zero attached hydrogens (tertiary/aromatic N) is 1. The zero-order valence-electron chi connectivity index (χ0n) is 14.5. The Bertz CT molecular complexity index is 751. The van der Waals surface area contributed by atoms with Crippen LogP contribution < -0.4 is 15.5 Å². The van der Waals surface area contributed by atoms with Crippen LogP contribution in [0.2, 0.25) is 0 Å². The van der Waals surface area contributed by atoms with Gasteiger partial charge in [-0.3, -0.25) is 14.4 Å². The predicted molar refractivity (Wildman–Crippen MR) is 90.7 cm³/mol. The number of carbonyl (C=O) groups is 3. The standard InChI is InChI=1S/C18H20F3N3O3/c19-18(20,21)12-4-3-5-13(9-12)24-10-11(8-15(24)25)16(26)23-14-6-1-2-7-22-17(14)27/h3-5,9,11,14H,1-2,6-8,10H2,(H,22,27)(H,23,26). The van der Waals surface area contributed by atoms with E-state index >= 15 is 0 Å². The van der Waals surface area contributed by atoms with Crippen LogP contribution in [-0.4, -0.2) is 36.9 Å². The number of rotatable bonds is 3. The van der Waals surface area contributed by atoms with E-state index in [0.29, 0.717) is 13.0 Å². The molecule has 9 heteroatoms. The molecule has 2 heterocycles. The lowest BCUT2D eigenvalue weighted by Crippen LogP contribution is -2.47. The Kier molecular flexibility index (Phi) is 5.38. The predicted octanol–water partition coefficient (Wildman–Crippen LogP) is 1.84. The van der Waals surface area contributed by atoms with Crippen molar-refractivity contribution < 1.29 is 27.6 Å². The molecule has 2 fully saturated rings. The zero-order chi connectivity index (χ0) is 19.6. The first-order chi connectivity index (χ1) is 12.8. The van der Waals surface area contributed by atoms with Crippen LogP contribution >= 0.6 is 0 Å². The van der Waals surface area contributed by atoms with Gasteiger partial charge in [-0.1, -0.05) is 6.07 Å². The topological polar surface area (TPSA) is 78.5 Å². The monoisotopic (exact) mass is 383 g/mol. The first kappa shape index (κ1) is 19.2. The Labute approximate surface area is 154 Å². The molecular weight excluding hydrogens is 363 g/mol. The first-order valence-corrected chi connectivity index (χ1v) is 8.81. The quantitative estimate of drug-likeness (QED) is 0.836. The molecule has 2 atom stereocenters. The van der Waals surface area contributed by atoms with Gasteiger partial charge in [0, 0.05) is 25.2 Å². The van der Waals surface area contributed by atoms with Crippen LogP contribution in [0, 0.1) is 5.92 Å². The molecule has 3 rings (SSSR count). The zero-order valence-corrected chi connectivity index (χ0v) is 14.5. The second-order valence-electron chi connectivity index (χ2n) is 6.80. The average Bonchev–Trinajstić information content (AvgIpc) is 2.90. The molecule has 2 N–H and O–H groups in total. The molecule has 0 spiro atoms. The minimum atomic E-state index is -4.51. The molecule has 2 aliphatic rings. The molecule has 2 saturated heterocycles. The van der Waals surface area contributed by atoms with Crippen molar-refractivity contribution in [3.05, 3.63) is 29.8 Å². The van der Waals surface area contributed by atoms with Gasteiger partial charge in [-0.25, -0.2) is 0 Å². The number of alkyl halides is 3. The minimum absolute atomic E-state index is 0.0136. The van der Waals surface area contributed by atoms with E-state index in [1.54, 1.807) is 0 Å². The van der Waals surface area contributed by atoms with E-state index in [-0.39, 0.29) is 24.6 Å². The number of anilines is 1. The molecule has 1 aromatic rings. The highest BCUT2D eigenvalue weighted by atomic mass is 19.4. The fraction of sp³-hybridized carbons (Fsp3) is 0.500. The second-order valence-corrected chi connectivity index (χ2v) is 6.80. The minimum Gasteiger partial charge on any atom is -0.354 e. The Morgan fingerprint density at radius 2 is 2.00 bits per heavy atom. The van der Waals surface area contributed by atoms with Gasteiger partial charge < -0.3 is 15.5 Å².